The first-order valence-corrected chi connectivity index (χ1v) is 8.35. The molecule has 0 bridgehead atoms. The molecule has 2 fully saturated rings. The predicted octanol–water partition coefficient (Wildman–Crippen LogP) is 3.88. The highest BCUT2D eigenvalue weighted by atomic mass is 127. The minimum Gasteiger partial charge on any atom is -0.490 e. The summed E-state index contributed by atoms with van der Waals surface area (Å²) < 4.78 is 14.8. The van der Waals surface area contributed by atoms with Crippen LogP contribution in [0.5, 0.6) is 5.75 Å². The Kier molecular flexibility index (Phi) is 3.34. The second-order valence-corrected chi connectivity index (χ2v) is 6.57. The maximum Gasteiger partial charge on any atom is 0.150 e. The van der Waals surface area contributed by atoms with Crippen molar-refractivity contribution in [3.63, 3.8) is 0 Å². The number of rotatable bonds is 3. The van der Waals surface area contributed by atoms with Crippen molar-refractivity contribution in [3.05, 3.63) is 21.9 Å². The van der Waals surface area contributed by atoms with Crippen LogP contribution in [0.3, 0.4) is 0 Å². The molecule has 4 nitrogen and oxygen atoms in total. The number of hydrogen-bond donors (Lipinski definition) is 0. The van der Waals surface area contributed by atoms with Crippen molar-refractivity contribution >= 4 is 33.5 Å². The van der Waals surface area contributed by atoms with E-state index in [4.69, 9.17) is 9.47 Å². The molecule has 0 N–H and O–H groups in total. The van der Waals surface area contributed by atoms with E-state index in [0.717, 1.165) is 39.8 Å². The maximum absolute atomic E-state index is 5.87. The minimum absolute atomic E-state index is 0.0879. The van der Waals surface area contributed by atoms with E-state index in [9.17, 15) is 0 Å². The van der Waals surface area contributed by atoms with Gasteiger partial charge in [0.2, 0.25) is 0 Å². The SMILES string of the molecule is Ic1nn(C2CCCCO2)c2ccc(OC3CC3)cc12. The third kappa shape index (κ3) is 2.41. The summed E-state index contributed by atoms with van der Waals surface area (Å²) in [7, 11) is 0. The van der Waals surface area contributed by atoms with E-state index in [1.54, 1.807) is 0 Å². The summed E-state index contributed by atoms with van der Waals surface area (Å²) in [5.41, 5.74) is 1.14. The molecule has 1 aromatic carbocycles. The van der Waals surface area contributed by atoms with Gasteiger partial charge in [0.1, 0.15) is 9.45 Å². The molecule has 1 aromatic heterocycles. The number of fused-ring (bicyclic) bond motifs is 1. The Morgan fingerprint density at radius 1 is 1.25 bits per heavy atom. The van der Waals surface area contributed by atoms with Crippen molar-refractivity contribution in [1.29, 1.82) is 0 Å². The molecule has 2 heterocycles. The van der Waals surface area contributed by atoms with Gasteiger partial charge in [-0.1, -0.05) is 0 Å². The van der Waals surface area contributed by atoms with Crippen molar-refractivity contribution < 1.29 is 9.47 Å². The van der Waals surface area contributed by atoms with Crippen molar-refractivity contribution in [1.82, 2.24) is 9.78 Å². The van der Waals surface area contributed by atoms with Crippen molar-refractivity contribution in [3.8, 4) is 5.75 Å². The summed E-state index contributed by atoms with van der Waals surface area (Å²) in [6.07, 6.45) is 6.31. The van der Waals surface area contributed by atoms with Gasteiger partial charge in [0, 0.05) is 12.0 Å². The maximum atomic E-state index is 5.87. The lowest BCUT2D eigenvalue weighted by atomic mass is 10.2. The highest BCUT2D eigenvalue weighted by Crippen LogP contribution is 2.33. The van der Waals surface area contributed by atoms with Gasteiger partial charge >= 0.3 is 0 Å². The van der Waals surface area contributed by atoms with Crippen LogP contribution in [-0.4, -0.2) is 22.5 Å². The molecule has 5 heteroatoms. The van der Waals surface area contributed by atoms with Crippen LogP contribution in [0.2, 0.25) is 0 Å². The molecule has 1 aliphatic heterocycles. The van der Waals surface area contributed by atoms with Gasteiger partial charge in [0.25, 0.3) is 0 Å². The highest BCUT2D eigenvalue weighted by molar-refractivity contribution is 14.1. The Hall–Kier alpha value is -0.820. The number of halogens is 1. The van der Waals surface area contributed by atoms with Gasteiger partial charge < -0.3 is 9.47 Å². The molecule has 1 saturated heterocycles. The van der Waals surface area contributed by atoms with Crippen molar-refractivity contribution in [2.45, 2.75) is 44.4 Å². The van der Waals surface area contributed by atoms with Crippen LogP contribution in [0.25, 0.3) is 10.9 Å². The second kappa shape index (κ2) is 5.18. The average molecular weight is 384 g/mol. The normalized spacial score (nSPS) is 23.1. The molecule has 106 valence electrons. The average Bonchev–Trinajstić information content (AvgIpc) is 3.24. The third-order valence-corrected chi connectivity index (χ3v) is 4.69. The molecule has 0 radical (unpaired) electrons. The molecule has 1 atom stereocenters. The Morgan fingerprint density at radius 2 is 2.15 bits per heavy atom. The number of benzene rings is 1. The fourth-order valence-corrected chi connectivity index (χ4v) is 3.33. The van der Waals surface area contributed by atoms with Gasteiger partial charge in [-0.3, -0.25) is 0 Å². The Labute approximate surface area is 131 Å². The van der Waals surface area contributed by atoms with Crippen LogP contribution in [0.1, 0.15) is 38.3 Å². The minimum atomic E-state index is 0.0879. The van der Waals surface area contributed by atoms with Crippen molar-refractivity contribution in [2.75, 3.05) is 6.61 Å². The van der Waals surface area contributed by atoms with E-state index in [-0.39, 0.29) is 6.23 Å². The molecule has 4 rings (SSSR count). The first kappa shape index (κ1) is 12.9. The van der Waals surface area contributed by atoms with E-state index >= 15 is 0 Å². The van der Waals surface area contributed by atoms with E-state index in [1.807, 2.05) is 4.68 Å². The second-order valence-electron chi connectivity index (χ2n) is 5.55. The molecule has 1 unspecified atom stereocenters. The monoisotopic (exact) mass is 384 g/mol. The first-order chi connectivity index (χ1) is 9.81. The van der Waals surface area contributed by atoms with Gasteiger partial charge in [-0.15, -0.1) is 0 Å². The number of nitrogens with zero attached hydrogens (tertiary/aromatic N) is 2. The van der Waals surface area contributed by atoms with E-state index in [2.05, 4.69) is 45.9 Å². The zero-order valence-electron chi connectivity index (χ0n) is 11.2. The summed E-state index contributed by atoms with van der Waals surface area (Å²) in [4.78, 5) is 0. The highest BCUT2D eigenvalue weighted by Gasteiger charge is 2.24. The van der Waals surface area contributed by atoms with Crippen LogP contribution < -0.4 is 4.74 Å². The van der Waals surface area contributed by atoms with Crippen LogP contribution in [0, 0.1) is 3.70 Å². The van der Waals surface area contributed by atoms with Gasteiger partial charge in [-0.2, -0.15) is 5.10 Å². The van der Waals surface area contributed by atoms with Crippen LogP contribution >= 0.6 is 22.6 Å². The molecule has 2 aromatic rings. The molecule has 1 saturated carbocycles. The molecule has 2 aliphatic rings. The topological polar surface area (TPSA) is 36.3 Å². The van der Waals surface area contributed by atoms with Crippen molar-refractivity contribution in [2.24, 2.45) is 0 Å². The number of hydrogen-bond acceptors (Lipinski definition) is 3. The molecule has 20 heavy (non-hydrogen) atoms. The summed E-state index contributed by atoms with van der Waals surface area (Å²) in [5, 5.41) is 5.84. The summed E-state index contributed by atoms with van der Waals surface area (Å²) >= 11 is 2.30. The summed E-state index contributed by atoms with van der Waals surface area (Å²) in [5.74, 6) is 0.960. The fourth-order valence-electron chi connectivity index (χ4n) is 2.67. The Balaban J connectivity index is 1.70. The summed E-state index contributed by atoms with van der Waals surface area (Å²) in [6, 6.07) is 6.28. The molecule has 0 spiro atoms. The number of ether oxygens (including phenoxy) is 2. The van der Waals surface area contributed by atoms with Crippen LogP contribution in [0.4, 0.5) is 0 Å². The fraction of sp³-hybridized carbons (Fsp3) is 0.533. The zero-order valence-corrected chi connectivity index (χ0v) is 13.4. The predicted molar refractivity (Wildman–Crippen MR) is 84.9 cm³/mol. The lowest BCUT2D eigenvalue weighted by molar-refractivity contribution is -0.0368. The van der Waals surface area contributed by atoms with Crippen LogP contribution in [-0.2, 0) is 4.74 Å². The third-order valence-electron chi connectivity index (χ3n) is 3.89. The lowest BCUT2D eigenvalue weighted by Gasteiger charge is -2.23. The quantitative estimate of drug-likeness (QED) is 0.754. The smallest absolute Gasteiger partial charge is 0.150 e. The van der Waals surface area contributed by atoms with Gasteiger partial charge in [0.15, 0.2) is 6.23 Å². The molecular weight excluding hydrogens is 367 g/mol. The Bertz CT molecular complexity index is 630. The largest absolute Gasteiger partial charge is 0.490 e. The van der Waals surface area contributed by atoms with Crippen LogP contribution in [0.15, 0.2) is 18.2 Å². The van der Waals surface area contributed by atoms with E-state index in [0.29, 0.717) is 6.10 Å². The zero-order chi connectivity index (χ0) is 13.5. The van der Waals surface area contributed by atoms with E-state index < -0.39 is 0 Å². The van der Waals surface area contributed by atoms with Gasteiger partial charge in [-0.05, 0) is 72.9 Å². The first-order valence-electron chi connectivity index (χ1n) is 7.27. The molecular formula is C15H17IN2O2. The van der Waals surface area contributed by atoms with Gasteiger partial charge in [0.05, 0.1) is 11.6 Å². The molecule has 0 amide bonds. The summed E-state index contributed by atoms with van der Waals surface area (Å²) in [6.45, 7) is 0.839. The lowest BCUT2D eigenvalue weighted by Crippen LogP contribution is -2.19. The molecule has 1 aliphatic carbocycles. The van der Waals surface area contributed by atoms with E-state index in [1.165, 1.54) is 19.3 Å². The Morgan fingerprint density at radius 3 is 2.90 bits per heavy atom. The number of aromatic nitrogens is 2. The standard InChI is InChI=1S/C15H17IN2O2/c16-15-12-9-11(20-10-4-5-10)6-7-13(12)18(17-15)14-3-1-2-8-19-14/h6-7,9-10,14H,1-5,8H2. The van der Waals surface area contributed by atoms with Gasteiger partial charge in [-0.25, -0.2) is 4.68 Å².